The first-order chi connectivity index (χ1) is 9.44. The van der Waals surface area contributed by atoms with Crippen molar-refractivity contribution in [3.05, 3.63) is 41.1 Å². The summed E-state index contributed by atoms with van der Waals surface area (Å²) in [5.41, 5.74) is 6.14. The molecule has 1 aromatic heterocycles. The van der Waals surface area contributed by atoms with Crippen LogP contribution in [0.5, 0.6) is 5.75 Å². The van der Waals surface area contributed by atoms with Gasteiger partial charge in [0.05, 0.1) is 18.5 Å². The highest BCUT2D eigenvalue weighted by atomic mass is 79.9. The first-order valence-electron chi connectivity index (χ1n) is 5.50. The molecule has 0 fully saturated rings. The Labute approximate surface area is 125 Å². The van der Waals surface area contributed by atoms with E-state index in [2.05, 4.69) is 25.6 Å². The van der Waals surface area contributed by atoms with Gasteiger partial charge in [0.15, 0.2) is 0 Å². The van der Waals surface area contributed by atoms with Gasteiger partial charge in [-0.2, -0.15) is 0 Å². The molecular weight excluding hydrogens is 346 g/mol. The van der Waals surface area contributed by atoms with Crippen LogP contribution in [0.25, 0.3) is 0 Å². The number of rotatable bonds is 4. The molecule has 6 nitrogen and oxygen atoms in total. The normalized spacial score (nSPS) is 11.1. The number of nitrogens with zero attached hydrogens (tertiary/aromatic N) is 1. The molecule has 3 N–H and O–H groups in total. The summed E-state index contributed by atoms with van der Waals surface area (Å²) < 4.78 is 32.7. The molecule has 0 atom stereocenters. The standard InChI is InChI=1S/C12H12BrN3O3S/c1-19-8-2-3-9(13)11(6-8)16-20(17,18)12-7-15-5-4-10(12)14/h2-7,16H,1H3,(H2,14,15). The Bertz CT molecular complexity index is 734. The van der Waals surface area contributed by atoms with Gasteiger partial charge in [-0.15, -0.1) is 0 Å². The Kier molecular flexibility index (Phi) is 4.15. The number of ether oxygens (including phenoxy) is 1. The lowest BCUT2D eigenvalue weighted by Gasteiger charge is -2.12. The van der Waals surface area contributed by atoms with Crippen molar-refractivity contribution in [1.29, 1.82) is 0 Å². The third-order valence-electron chi connectivity index (χ3n) is 2.52. The number of aromatic nitrogens is 1. The van der Waals surface area contributed by atoms with E-state index >= 15 is 0 Å². The van der Waals surface area contributed by atoms with Crippen LogP contribution in [0.1, 0.15) is 0 Å². The number of nitrogen functional groups attached to an aromatic ring is 1. The summed E-state index contributed by atoms with van der Waals surface area (Å²) >= 11 is 3.27. The van der Waals surface area contributed by atoms with Crippen molar-refractivity contribution in [3.63, 3.8) is 0 Å². The summed E-state index contributed by atoms with van der Waals surface area (Å²) in [6.07, 6.45) is 2.63. The number of methoxy groups -OCH3 is 1. The number of sulfonamides is 1. The van der Waals surface area contributed by atoms with E-state index in [4.69, 9.17) is 10.5 Å². The zero-order valence-corrected chi connectivity index (χ0v) is 12.9. The van der Waals surface area contributed by atoms with Crippen LogP contribution in [0.2, 0.25) is 0 Å². The third kappa shape index (κ3) is 3.02. The largest absolute Gasteiger partial charge is 0.497 e. The molecule has 20 heavy (non-hydrogen) atoms. The highest BCUT2D eigenvalue weighted by molar-refractivity contribution is 9.10. The van der Waals surface area contributed by atoms with E-state index in [1.807, 2.05) is 0 Å². The van der Waals surface area contributed by atoms with Gasteiger partial charge in [-0.1, -0.05) is 0 Å². The van der Waals surface area contributed by atoms with E-state index in [1.165, 1.54) is 25.6 Å². The highest BCUT2D eigenvalue weighted by Crippen LogP contribution is 2.29. The lowest BCUT2D eigenvalue weighted by molar-refractivity contribution is 0.415. The molecular formula is C12H12BrN3O3S. The van der Waals surface area contributed by atoms with Crippen LogP contribution >= 0.6 is 15.9 Å². The lowest BCUT2D eigenvalue weighted by Crippen LogP contribution is -2.15. The topological polar surface area (TPSA) is 94.3 Å². The quantitative estimate of drug-likeness (QED) is 0.874. The van der Waals surface area contributed by atoms with Crippen LogP contribution in [0.4, 0.5) is 11.4 Å². The number of hydrogen-bond acceptors (Lipinski definition) is 5. The predicted molar refractivity (Wildman–Crippen MR) is 80.2 cm³/mol. The van der Waals surface area contributed by atoms with Crippen molar-refractivity contribution in [2.75, 3.05) is 17.6 Å². The fourth-order valence-electron chi connectivity index (χ4n) is 1.52. The molecule has 1 heterocycles. The molecule has 0 spiro atoms. The average molecular weight is 358 g/mol. The number of nitrogens with two attached hydrogens (primary N) is 1. The van der Waals surface area contributed by atoms with Crippen molar-refractivity contribution < 1.29 is 13.2 Å². The van der Waals surface area contributed by atoms with E-state index in [0.717, 1.165) is 0 Å². The van der Waals surface area contributed by atoms with Gasteiger partial charge in [-0.3, -0.25) is 9.71 Å². The van der Waals surface area contributed by atoms with Gasteiger partial charge in [0.25, 0.3) is 10.0 Å². The van der Waals surface area contributed by atoms with Gasteiger partial charge in [-0.05, 0) is 34.1 Å². The minimum atomic E-state index is -3.81. The fourth-order valence-corrected chi connectivity index (χ4v) is 3.15. The summed E-state index contributed by atoms with van der Waals surface area (Å²) in [5.74, 6) is 0.532. The molecule has 0 unspecified atom stereocenters. The molecule has 0 amide bonds. The minimum Gasteiger partial charge on any atom is -0.497 e. The Hall–Kier alpha value is -1.80. The average Bonchev–Trinajstić information content (AvgIpc) is 2.41. The molecule has 1 aromatic carbocycles. The van der Waals surface area contributed by atoms with E-state index < -0.39 is 10.0 Å². The molecule has 0 saturated carbocycles. The SMILES string of the molecule is COc1ccc(Br)c(NS(=O)(=O)c2cnccc2N)c1. The van der Waals surface area contributed by atoms with Crippen LogP contribution in [-0.4, -0.2) is 20.5 Å². The van der Waals surface area contributed by atoms with Gasteiger partial charge >= 0.3 is 0 Å². The van der Waals surface area contributed by atoms with Crippen LogP contribution in [-0.2, 0) is 10.0 Å². The first-order valence-corrected chi connectivity index (χ1v) is 7.77. The second-order valence-corrected chi connectivity index (χ2v) is 6.37. The van der Waals surface area contributed by atoms with Crippen molar-refractivity contribution in [2.24, 2.45) is 0 Å². The third-order valence-corrected chi connectivity index (χ3v) is 4.62. The molecule has 8 heteroatoms. The molecule has 106 valence electrons. The molecule has 0 aliphatic carbocycles. The Morgan fingerprint density at radius 2 is 2.10 bits per heavy atom. The smallest absolute Gasteiger partial charge is 0.265 e. The second-order valence-electron chi connectivity index (χ2n) is 3.86. The number of nitrogens with one attached hydrogen (secondary N) is 1. The fraction of sp³-hybridized carbons (Fsp3) is 0.0833. The molecule has 0 bridgehead atoms. The number of anilines is 2. The highest BCUT2D eigenvalue weighted by Gasteiger charge is 2.19. The van der Waals surface area contributed by atoms with Crippen LogP contribution < -0.4 is 15.2 Å². The van der Waals surface area contributed by atoms with Gasteiger partial charge in [0, 0.05) is 22.9 Å². The van der Waals surface area contributed by atoms with E-state index in [0.29, 0.717) is 15.9 Å². The molecule has 0 saturated heterocycles. The Morgan fingerprint density at radius 3 is 2.75 bits per heavy atom. The minimum absolute atomic E-state index is 0.0743. The lowest BCUT2D eigenvalue weighted by atomic mass is 10.3. The van der Waals surface area contributed by atoms with Crippen LogP contribution in [0, 0.1) is 0 Å². The molecule has 0 aliphatic heterocycles. The van der Waals surface area contributed by atoms with Crippen molar-refractivity contribution >= 4 is 37.3 Å². The summed E-state index contributed by atoms with van der Waals surface area (Å²) in [6.45, 7) is 0. The van der Waals surface area contributed by atoms with E-state index in [-0.39, 0.29) is 10.6 Å². The number of halogens is 1. The zero-order chi connectivity index (χ0) is 14.8. The number of pyridine rings is 1. The van der Waals surface area contributed by atoms with Crippen molar-refractivity contribution in [3.8, 4) is 5.75 Å². The summed E-state index contributed by atoms with van der Waals surface area (Å²) in [4.78, 5) is 3.70. The molecule has 0 radical (unpaired) electrons. The van der Waals surface area contributed by atoms with E-state index in [9.17, 15) is 8.42 Å². The zero-order valence-electron chi connectivity index (χ0n) is 10.5. The molecule has 2 rings (SSSR count). The molecule has 0 aliphatic rings. The summed E-state index contributed by atoms with van der Waals surface area (Å²) in [7, 11) is -2.31. The first kappa shape index (κ1) is 14.6. The second kappa shape index (κ2) is 5.68. The van der Waals surface area contributed by atoms with Crippen LogP contribution in [0.15, 0.2) is 46.0 Å². The van der Waals surface area contributed by atoms with Crippen molar-refractivity contribution in [2.45, 2.75) is 4.90 Å². The maximum Gasteiger partial charge on any atom is 0.265 e. The van der Waals surface area contributed by atoms with Gasteiger partial charge in [-0.25, -0.2) is 8.42 Å². The predicted octanol–water partition coefficient (Wildman–Crippen LogP) is 2.24. The Morgan fingerprint density at radius 1 is 1.35 bits per heavy atom. The van der Waals surface area contributed by atoms with Crippen molar-refractivity contribution in [1.82, 2.24) is 4.98 Å². The summed E-state index contributed by atoms with van der Waals surface area (Å²) in [5, 5.41) is 0. The molecule has 2 aromatic rings. The Balaban J connectivity index is 2.41. The van der Waals surface area contributed by atoms with Gasteiger partial charge in [0.1, 0.15) is 10.6 Å². The van der Waals surface area contributed by atoms with Gasteiger partial charge < -0.3 is 10.5 Å². The maximum absolute atomic E-state index is 12.3. The van der Waals surface area contributed by atoms with Gasteiger partial charge in [0.2, 0.25) is 0 Å². The number of hydrogen-bond donors (Lipinski definition) is 2. The van der Waals surface area contributed by atoms with E-state index in [1.54, 1.807) is 18.2 Å². The van der Waals surface area contributed by atoms with Crippen LogP contribution in [0.3, 0.4) is 0 Å². The maximum atomic E-state index is 12.3. The number of benzene rings is 1. The summed E-state index contributed by atoms with van der Waals surface area (Å²) in [6, 6.07) is 6.38. The monoisotopic (exact) mass is 357 g/mol.